The normalized spacial score (nSPS) is 31.6. The predicted octanol–water partition coefficient (Wildman–Crippen LogP) is 4.77. The number of hydrogen-bond donors (Lipinski definition) is 0. The van der Waals surface area contributed by atoms with Gasteiger partial charge in [-0.2, -0.15) is 0 Å². The first-order valence-electron chi connectivity index (χ1n) is 5.86. The van der Waals surface area contributed by atoms with Crippen LogP contribution in [-0.2, 0) is 0 Å². The highest BCUT2D eigenvalue weighted by molar-refractivity contribution is 9.09. The maximum atomic E-state index is 3.72. The van der Waals surface area contributed by atoms with E-state index in [9.17, 15) is 0 Å². The van der Waals surface area contributed by atoms with Crippen LogP contribution in [0.25, 0.3) is 0 Å². The summed E-state index contributed by atoms with van der Waals surface area (Å²) in [5.74, 6) is 2.03. The second-order valence-electron chi connectivity index (χ2n) is 4.72. The van der Waals surface area contributed by atoms with Crippen LogP contribution >= 0.6 is 15.9 Å². The zero-order chi connectivity index (χ0) is 9.68. The van der Waals surface area contributed by atoms with E-state index in [0.717, 1.165) is 16.7 Å². The highest BCUT2D eigenvalue weighted by atomic mass is 79.9. The molecule has 0 spiro atoms. The van der Waals surface area contributed by atoms with Gasteiger partial charge in [-0.25, -0.2) is 0 Å². The summed E-state index contributed by atoms with van der Waals surface area (Å²) in [6.07, 6.45) is 10.0. The van der Waals surface area contributed by atoms with Crippen molar-refractivity contribution in [2.75, 3.05) is 0 Å². The molecule has 0 heterocycles. The molecule has 1 saturated carbocycles. The van der Waals surface area contributed by atoms with Gasteiger partial charge in [0.25, 0.3) is 0 Å². The number of hydrogen-bond acceptors (Lipinski definition) is 0. The number of alkyl halides is 1. The molecule has 0 bridgehead atoms. The fourth-order valence-electron chi connectivity index (χ4n) is 2.44. The lowest BCUT2D eigenvalue weighted by Gasteiger charge is -2.27. The predicted molar refractivity (Wildman–Crippen MR) is 63.4 cm³/mol. The van der Waals surface area contributed by atoms with Crippen molar-refractivity contribution in [3.8, 4) is 0 Å². The minimum Gasteiger partial charge on any atom is -0.0891 e. The molecule has 0 saturated heterocycles. The minimum atomic E-state index is 0.768. The first-order chi connectivity index (χ1) is 6.22. The molecule has 13 heavy (non-hydrogen) atoms. The van der Waals surface area contributed by atoms with Crippen LogP contribution in [0.3, 0.4) is 0 Å². The molecule has 0 N–H and O–H groups in total. The molecule has 0 amide bonds. The molecule has 1 fully saturated rings. The Morgan fingerprint density at radius 2 is 2.15 bits per heavy atom. The van der Waals surface area contributed by atoms with Gasteiger partial charge in [-0.15, -0.1) is 0 Å². The molecular formula is C12H23Br. The van der Waals surface area contributed by atoms with Crippen molar-refractivity contribution < 1.29 is 0 Å². The van der Waals surface area contributed by atoms with Gasteiger partial charge in [0.1, 0.15) is 0 Å². The van der Waals surface area contributed by atoms with Crippen LogP contribution in [0.1, 0.15) is 58.8 Å². The van der Waals surface area contributed by atoms with Crippen molar-refractivity contribution in [2.24, 2.45) is 11.8 Å². The maximum Gasteiger partial charge on any atom is 0.0143 e. The van der Waals surface area contributed by atoms with Crippen molar-refractivity contribution in [1.29, 1.82) is 0 Å². The Bertz CT molecular complexity index is 133. The minimum absolute atomic E-state index is 0.768. The van der Waals surface area contributed by atoms with E-state index in [1.54, 1.807) is 0 Å². The highest BCUT2D eigenvalue weighted by Crippen LogP contribution is 2.32. The van der Waals surface area contributed by atoms with Gasteiger partial charge in [0.05, 0.1) is 0 Å². The SMILES string of the molecule is CCC(Br)CCC1CCCC(C)C1. The molecule has 3 unspecified atom stereocenters. The average molecular weight is 247 g/mol. The molecule has 1 rings (SSSR count). The number of halogens is 1. The Morgan fingerprint density at radius 1 is 1.38 bits per heavy atom. The highest BCUT2D eigenvalue weighted by Gasteiger charge is 2.18. The van der Waals surface area contributed by atoms with E-state index >= 15 is 0 Å². The van der Waals surface area contributed by atoms with Crippen molar-refractivity contribution >= 4 is 15.9 Å². The van der Waals surface area contributed by atoms with Crippen molar-refractivity contribution in [2.45, 2.75) is 63.6 Å². The quantitative estimate of drug-likeness (QED) is 0.628. The lowest BCUT2D eigenvalue weighted by atomic mass is 9.80. The van der Waals surface area contributed by atoms with E-state index in [1.165, 1.54) is 44.9 Å². The molecule has 0 radical (unpaired) electrons. The van der Waals surface area contributed by atoms with Gasteiger partial charge in [0, 0.05) is 4.83 Å². The molecule has 3 atom stereocenters. The summed E-state index contributed by atoms with van der Waals surface area (Å²) in [6, 6.07) is 0. The van der Waals surface area contributed by atoms with Gasteiger partial charge >= 0.3 is 0 Å². The van der Waals surface area contributed by atoms with E-state index in [-0.39, 0.29) is 0 Å². The summed E-state index contributed by atoms with van der Waals surface area (Å²) in [5, 5.41) is 0. The van der Waals surface area contributed by atoms with Crippen molar-refractivity contribution in [3.63, 3.8) is 0 Å². The van der Waals surface area contributed by atoms with Crippen LogP contribution in [0.15, 0.2) is 0 Å². The molecule has 78 valence electrons. The molecular weight excluding hydrogens is 224 g/mol. The average Bonchev–Trinajstić information content (AvgIpc) is 2.14. The van der Waals surface area contributed by atoms with Gasteiger partial charge in [-0.3, -0.25) is 0 Å². The largest absolute Gasteiger partial charge is 0.0891 e. The van der Waals surface area contributed by atoms with Gasteiger partial charge < -0.3 is 0 Å². The summed E-state index contributed by atoms with van der Waals surface area (Å²) >= 11 is 3.72. The smallest absolute Gasteiger partial charge is 0.0143 e. The third-order valence-electron chi connectivity index (χ3n) is 3.38. The Hall–Kier alpha value is 0.480. The van der Waals surface area contributed by atoms with E-state index in [2.05, 4.69) is 29.8 Å². The van der Waals surface area contributed by atoms with Crippen LogP contribution in [0.4, 0.5) is 0 Å². The third kappa shape index (κ3) is 4.49. The summed E-state index contributed by atoms with van der Waals surface area (Å²) in [7, 11) is 0. The lowest BCUT2D eigenvalue weighted by molar-refractivity contribution is 0.265. The Balaban J connectivity index is 2.13. The van der Waals surface area contributed by atoms with E-state index in [0.29, 0.717) is 0 Å². The monoisotopic (exact) mass is 246 g/mol. The van der Waals surface area contributed by atoms with E-state index in [4.69, 9.17) is 0 Å². The van der Waals surface area contributed by atoms with Crippen LogP contribution in [-0.4, -0.2) is 4.83 Å². The van der Waals surface area contributed by atoms with Crippen LogP contribution in [0.2, 0.25) is 0 Å². The Kier molecular flexibility index (Phi) is 5.38. The van der Waals surface area contributed by atoms with E-state index in [1.807, 2.05) is 0 Å². The Morgan fingerprint density at radius 3 is 2.77 bits per heavy atom. The summed E-state index contributed by atoms with van der Waals surface area (Å²) in [6.45, 7) is 4.68. The molecule has 0 nitrogen and oxygen atoms in total. The van der Waals surface area contributed by atoms with Gasteiger partial charge in [0.2, 0.25) is 0 Å². The zero-order valence-corrected chi connectivity index (χ0v) is 10.6. The standard InChI is InChI=1S/C12H23Br/c1-3-12(13)8-7-11-6-4-5-10(2)9-11/h10-12H,3-9H2,1-2H3. The number of rotatable bonds is 4. The van der Waals surface area contributed by atoms with Crippen molar-refractivity contribution in [1.82, 2.24) is 0 Å². The molecule has 0 aromatic heterocycles. The molecule has 0 aliphatic heterocycles. The fraction of sp³-hybridized carbons (Fsp3) is 1.00. The Labute approximate surface area is 91.6 Å². The molecule has 1 aliphatic carbocycles. The molecule has 1 aliphatic rings. The van der Waals surface area contributed by atoms with Gasteiger partial charge in [0.15, 0.2) is 0 Å². The molecule has 0 aromatic carbocycles. The van der Waals surface area contributed by atoms with E-state index < -0.39 is 0 Å². The van der Waals surface area contributed by atoms with Crippen LogP contribution < -0.4 is 0 Å². The van der Waals surface area contributed by atoms with Gasteiger partial charge in [-0.05, 0) is 37.5 Å². The molecule has 1 heteroatoms. The van der Waals surface area contributed by atoms with Crippen molar-refractivity contribution in [3.05, 3.63) is 0 Å². The van der Waals surface area contributed by atoms with Crippen LogP contribution in [0.5, 0.6) is 0 Å². The second kappa shape index (κ2) is 6.06. The molecule has 0 aromatic rings. The third-order valence-corrected chi connectivity index (χ3v) is 4.48. The lowest BCUT2D eigenvalue weighted by Crippen LogP contribution is -2.14. The zero-order valence-electron chi connectivity index (χ0n) is 9.06. The first-order valence-corrected chi connectivity index (χ1v) is 6.78. The summed E-state index contributed by atoms with van der Waals surface area (Å²) in [5.41, 5.74) is 0. The summed E-state index contributed by atoms with van der Waals surface area (Å²) < 4.78 is 0. The summed E-state index contributed by atoms with van der Waals surface area (Å²) in [4.78, 5) is 0.768. The van der Waals surface area contributed by atoms with Gasteiger partial charge in [-0.1, -0.05) is 49.0 Å². The second-order valence-corrected chi connectivity index (χ2v) is 6.02. The first kappa shape index (κ1) is 11.6. The fourth-order valence-corrected chi connectivity index (χ4v) is 2.71. The van der Waals surface area contributed by atoms with Crippen LogP contribution in [0, 0.1) is 11.8 Å². The topological polar surface area (TPSA) is 0 Å². The maximum absolute atomic E-state index is 3.72.